The number of para-hydroxylation sites is 2. The molecule has 0 bridgehead atoms. The number of methoxy groups -OCH3 is 1. The van der Waals surface area contributed by atoms with Gasteiger partial charge in [0.2, 0.25) is 0 Å². The molecule has 30 heavy (non-hydrogen) atoms. The Morgan fingerprint density at radius 1 is 1.00 bits per heavy atom. The normalized spacial score (nSPS) is 15.1. The second kappa shape index (κ2) is 7.62. The fourth-order valence-corrected chi connectivity index (χ4v) is 5.19. The van der Waals surface area contributed by atoms with Crippen LogP contribution in [-0.2, 0) is 16.6 Å². The number of fused-ring (bicyclic) bond motifs is 1. The molecule has 0 atom stereocenters. The number of sulfonamides is 1. The number of carbonyl (C=O) groups is 1. The van der Waals surface area contributed by atoms with Crippen molar-refractivity contribution in [2.45, 2.75) is 11.4 Å². The van der Waals surface area contributed by atoms with E-state index in [2.05, 4.69) is 0 Å². The van der Waals surface area contributed by atoms with Crippen LogP contribution in [0.25, 0.3) is 0 Å². The van der Waals surface area contributed by atoms with Crippen LogP contribution in [-0.4, -0.2) is 21.6 Å². The molecule has 0 unspecified atom stereocenters. The summed E-state index contributed by atoms with van der Waals surface area (Å²) in [5.41, 5.74) is 0.724. The van der Waals surface area contributed by atoms with E-state index in [-0.39, 0.29) is 33.6 Å². The third kappa shape index (κ3) is 3.28. The molecule has 0 N–H and O–H groups in total. The number of hydrogen-bond donors (Lipinski definition) is 0. The van der Waals surface area contributed by atoms with Crippen LogP contribution in [0.1, 0.15) is 5.56 Å². The van der Waals surface area contributed by atoms with Crippen molar-refractivity contribution in [2.75, 3.05) is 16.3 Å². The first-order valence-corrected chi connectivity index (χ1v) is 10.7. The second-order valence-electron chi connectivity index (χ2n) is 6.53. The van der Waals surface area contributed by atoms with Gasteiger partial charge in [0.25, 0.3) is 10.0 Å². The number of rotatable bonds is 4. The lowest BCUT2D eigenvalue weighted by Crippen LogP contribution is -2.50. The Morgan fingerprint density at radius 3 is 2.33 bits per heavy atom. The van der Waals surface area contributed by atoms with Gasteiger partial charge in [0.1, 0.15) is 4.90 Å². The fourth-order valence-electron chi connectivity index (χ4n) is 3.30. The van der Waals surface area contributed by atoms with E-state index in [4.69, 9.17) is 16.3 Å². The van der Waals surface area contributed by atoms with Crippen LogP contribution < -0.4 is 13.9 Å². The average molecular weight is 447 g/mol. The Labute approximate surface area is 178 Å². The van der Waals surface area contributed by atoms with Gasteiger partial charge in [-0.3, -0.25) is 4.90 Å². The first kappa shape index (κ1) is 20.2. The van der Waals surface area contributed by atoms with Gasteiger partial charge in [0, 0.05) is 0 Å². The van der Waals surface area contributed by atoms with Crippen LogP contribution in [0.4, 0.5) is 20.6 Å². The molecule has 0 aliphatic carbocycles. The summed E-state index contributed by atoms with van der Waals surface area (Å²) in [6.07, 6.45) is 0. The predicted molar refractivity (Wildman–Crippen MR) is 112 cm³/mol. The highest BCUT2D eigenvalue weighted by Crippen LogP contribution is 2.40. The van der Waals surface area contributed by atoms with Gasteiger partial charge < -0.3 is 4.74 Å². The molecule has 0 fully saturated rings. The van der Waals surface area contributed by atoms with Gasteiger partial charge in [-0.25, -0.2) is 17.6 Å². The van der Waals surface area contributed by atoms with Crippen molar-refractivity contribution in [3.8, 4) is 5.75 Å². The molecule has 2 amide bonds. The summed E-state index contributed by atoms with van der Waals surface area (Å²) in [6, 6.07) is 15.9. The molecule has 0 saturated carbocycles. The van der Waals surface area contributed by atoms with Crippen molar-refractivity contribution in [1.82, 2.24) is 0 Å². The minimum absolute atomic E-state index is 0.0431. The van der Waals surface area contributed by atoms with Crippen LogP contribution in [0.3, 0.4) is 0 Å². The van der Waals surface area contributed by atoms with E-state index < -0.39 is 21.9 Å². The molecule has 154 valence electrons. The van der Waals surface area contributed by atoms with Crippen LogP contribution in [0.15, 0.2) is 71.6 Å². The predicted octanol–water partition coefficient (Wildman–Crippen LogP) is 4.82. The zero-order chi connectivity index (χ0) is 21.5. The summed E-state index contributed by atoms with van der Waals surface area (Å²) in [7, 11) is -2.83. The molecule has 1 heterocycles. The Bertz CT molecular complexity index is 1250. The SMILES string of the molecule is COc1ccc(CN2C(=O)N(c3ccccc3Cl)S(=O)(=O)c3ccccc32)cc1F. The molecule has 3 aromatic carbocycles. The standard InChI is InChI=1S/C21H16ClFN2O4S/c1-29-19-11-10-14(12-16(19)23)13-24-18-8-4-5-9-20(18)30(27,28)25(21(24)26)17-7-3-2-6-15(17)22/h2-12H,13H2,1H3. The third-order valence-corrected chi connectivity index (χ3v) is 6.76. The number of carbonyl (C=O) groups excluding carboxylic acids is 1. The number of anilines is 2. The fraction of sp³-hybridized carbons (Fsp3) is 0.0952. The zero-order valence-corrected chi connectivity index (χ0v) is 17.3. The number of urea groups is 1. The van der Waals surface area contributed by atoms with Gasteiger partial charge in [-0.15, -0.1) is 0 Å². The van der Waals surface area contributed by atoms with Crippen molar-refractivity contribution < 1.29 is 22.3 Å². The summed E-state index contributed by atoms with van der Waals surface area (Å²) in [5.74, 6) is -0.507. The Morgan fingerprint density at radius 2 is 1.67 bits per heavy atom. The average Bonchev–Trinajstić information content (AvgIpc) is 2.73. The molecule has 0 radical (unpaired) electrons. The lowest BCUT2D eigenvalue weighted by molar-refractivity contribution is 0.253. The van der Waals surface area contributed by atoms with Crippen LogP contribution in [0.2, 0.25) is 5.02 Å². The molecule has 0 aromatic heterocycles. The first-order chi connectivity index (χ1) is 14.3. The minimum Gasteiger partial charge on any atom is -0.494 e. The van der Waals surface area contributed by atoms with Crippen molar-refractivity contribution >= 4 is 39.0 Å². The van der Waals surface area contributed by atoms with E-state index in [1.165, 1.54) is 48.4 Å². The van der Waals surface area contributed by atoms with E-state index >= 15 is 0 Å². The molecule has 9 heteroatoms. The van der Waals surface area contributed by atoms with Gasteiger partial charge in [-0.05, 0) is 42.0 Å². The second-order valence-corrected chi connectivity index (χ2v) is 8.69. The Hall–Kier alpha value is -3.10. The van der Waals surface area contributed by atoms with E-state index in [1.54, 1.807) is 30.3 Å². The van der Waals surface area contributed by atoms with Crippen molar-refractivity contribution in [1.29, 1.82) is 0 Å². The van der Waals surface area contributed by atoms with Crippen molar-refractivity contribution in [3.63, 3.8) is 0 Å². The number of ether oxygens (including phenoxy) is 1. The summed E-state index contributed by atoms with van der Waals surface area (Å²) in [4.78, 5) is 14.6. The molecular formula is C21H16ClFN2O4S. The maximum absolute atomic E-state index is 14.2. The highest BCUT2D eigenvalue weighted by molar-refractivity contribution is 7.94. The minimum atomic E-state index is -4.19. The highest BCUT2D eigenvalue weighted by atomic mass is 35.5. The molecular weight excluding hydrogens is 431 g/mol. The quantitative estimate of drug-likeness (QED) is 0.576. The van der Waals surface area contributed by atoms with Gasteiger partial charge in [0.15, 0.2) is 11.6 Å². The number of halogens is 2. The van der Waals surface area contributed by atoms with Gasteiger partial charge >= 0.3 is 6.03 Å². The summed E-state index contributed by atoms with van der Waals surface area (Å²) < 4.78 is 46.3. The molecule has 4 rings (SSSR count). The van der Waals surface area contributed by atoms with E-state index in [0.717, 1.165) is 0 Å². The number of benzene rings is 3. The highest BCUT2D eigenvalue weighted by Gasteiger charge is 2.43. The third-order valence-electron chi connectivity index (χ3n) is 4.71. The summed E-state index contributed by atoms with van der Waals surface area (Å²) in [6.45, 7) is -0.0484. The topological polar surface area (TPSA) is 66.9 Å². The first-order valence-electron chi connectivity index (χ1n) is 8.87. The number of hydrogen-bond acceptors (Lipinski definition) is 4. The van der Waals surface area contributed by atoms with Crippen molar-refractivity contribution in [2.24, 2.45) is 0 Å². The van der Waals surface area contributed by atoms with Crippen molar-refractivity contribution in [3.05, 3.63) is 83.1 Å². The smallest absolute Gasteiger partial charge is 0.343 e. The monoisotopic (exact) mass is 446 g/mol. The summed E-state index contributed by atoms with van der Waals surface area (Å²) in [5, 5.41) is 0.115. The zero-order valence-electron chi connectivity index (χ0n) is 15.7. The number of amides is 2. The van der Waals surface area contributed by atoms with Crippen LogP contribution in [0.5, 0.6) is 5.75 Å². The largest absolute Gasteiger partial charge is 0.494 e. The van der Waals surface area contributed by atoms with E-state index in [0.29, 0.717) is 9.87 Å². The van der Waals surface area contributed by atoms with Crippen LogP contribution >= 0.6 is 11.6 Å². The molecule has 3 aromatic rings. The summed E-state index contributed by atoms with van der Waals surface area (Å²) >= 11 is 6.20. The maximum Gasteiger partial charge on any atom is 0.343 e. The Balaban J connectivity index is 1.85. The molecule has 1 aliphatic rings. The van der Waals surface area contributed by atoms with E-state index in [1.807, 2.05) is 0 Å². The Kier molecular flexibility index (Phi) is 5.13. The lowest BCUT2D eigenvalue weighted by Gasteiger charge is -2.36. The van der Waals surface area contributed by atoms with E-state index in [9.17, 15) is 17.6 Å². The lowest BCUT2D eigenvalue weighted by atomic mass is 10.1. The molecule has 0 spiro atoms. The van der Waals surface area contributed by atoms with Crippen LogP contribution in [0, 0.1) is 5.82 Å². The van der Waals surface area contributed by atoms with Gasteiger partial charge in [0.05, 0.1) is 30.1 Å². The molecule has 0 saturated heterocycles. The van der Waals surface area contributed by atoms with Gasteiger partial charge in [-0.1, -0.05) is 41.9 Å². The number of nitrogens with zero attached hydrogens (tertiary/aromatic N) is 2. The molecule has 6 nitrogen and oxygen atoms in total. The maximum atomic E-state index is 14.2. The molecule has 1 aliphatic heterocycles. The van der Waals surface area contributed by atoms with Gasteiger partial charge in [-0.2, -0.15) is 4.31 Å².